The summed E-state index contributed by atoms with van der Waals surface area (Å²) in [5.41, 5.74) is 5.26. The van der Waals surface area contributed by atoms with Crippen molar-refractivity contribution in [2.75, 3.05) is 13.2 Å². The van der Waals surface area contributed by atoms with Crippen LogP contribution in [0.25, 0.3) is 0 Å². The number of rotatable bonds is 13. The van der Waals surface area contributed by atoms with E-state index >= 15 is 0 Å². The third-order valence-electron chi connectivity index (χ3n) is 8.12. The number of hydrogen-bond acceptors (Lipinski definition) is 6. The number of primary amides is 1. The Morgan fingerprint density at radius 1 is 0.930 bits per heavy atom. The highest BCUT2D eigenvalue weighted by Gasteiger charge is 2.43. The summed E-state index contributed by atoms with van der Waals surface area (Å²) in [6.45, 7) is 12.6. The molecule has 0 aromatic heterocycles. The van der Waals surface area contributed by atoms with E-state index in [-0.39, 0.29) is 29.9 Å². The van der Waals surface area contributed by atoms with Crippen molar-refractivity contribution in [3.05, 3.63) is 35.9 Å². The highest BCUT2D eigenvalue weighted by atomic mass is 16.5. The molecule has 2 fully saturated rings. The van der Waals surface area contributed by atoms with E-state index < -0.39 is 47.2 Å². The molecule has 1 saturated carbocycles. The number of amides is 5. The Hall–Kier alpha value is -3.47. The Morgan fingerprint density at radius 3 is 2.14 bits per heavy atom. The van der Waals surface area contributed by atoms with E-state index in [0.29, 0.717) is 32.4 Å². The van der Waals surface area contributed by atoms with Crippen LogP contribution in [0.5, 0.6) is 0 Å². The molecule has 1 saturated heterocycles. The average molecular weight is 600 g/mol. The number of Topliss-reactive ketones (excluding diaryl/α,β-unsaturated/α-hetero) is 1. The second-order valence-corrected chi connectivity index (χ2v) is 14.0. The maximum atomic E-state index is 13.9. The van der Waals surface area contributed by atoms with Crippen LogP contribution in [0.4, 0.5) is 4.79 Å². The minimum atomic E-state index is -1.09. The van der Waals surface area contributed by atoms with Crippen LogP contribution in [0.15, 0.2) is 30.3 Å². The molecule has 1 unspecified atom stereocenters. The van der Waals surface area contributed by atoms with E-state index in [9.17, 15) is 24.0 Å². The smallest absolute Gasteiger partial charge is 0.315 e. The molecule has 1 aliphatic heterocycles. The molecule has 5 amide bonds. The molecule has 43 heavy (non-hydrogen) atoms. The van der Waals surface area contributed by atoms with Crippen molar-refractivity contribution in [2.24, 2.45) is 22.5 Å². The van der Waals surface area contributed by atoms with Gasteiger partial charge >= 0.3 is 6.03 Å². The molecule has 1 aromatic rings. The fraction of sp³-hybridized carbons (Fsp3) is 0.656. The molecule has 1 aliphatic carbocycles. The van der Waals surface area contributed by atoms with E-state index in [1.165, 1.54) is 4.90 Å². The van der Waals surface area contributed by atoms with Gasteiger partial charge in [-0.05, 0) is 41.6 Å². The lowest BCUT2D eigenvalue weighted by Crippen LogP contribution is -2.61. The number of ether oxygens (including phenoxy) is 1. The highest BCUT2D eigenvalue weighted by molar-refractivity contribution is 6.37. The predicted octanol–water partition coefficient (Wildman–Crippen LogP) is 2.66. The summed E-state index contributed by atoms with van der Waals surface area (Å²) in [5.74, 6) is -2.53. The number of urea groups is 1. The van der Waals surface area contributed by atoms with Crippen LogP contribution < -0.4 is 21.7 Å². The number of hydrogen-bond donors (Lipinski definition) is 4. The van der Waals surface area contributed by atoms with Gasteiger partial charge in [-0.15, -0.1) is 0 Å². The lowest BCUT2D eigenvalue weighted by molar-refractivity contribution is -0.143. The van der Waals surface area contributed by atoms with Crippen molar-refractivity contribution >= 4 is 29.5 Å². The number of likely N-dealkylation sites (tertiary alicyclic amines) is 1. The molecular weight excluding hydrogens is 550 g/mol. The van der Waals surface area contributed by atoms with Gasteiger partial charge in [0.15, 0.2) is 0 Å². The van der Waals surface area contributed by atoms with Crippen LogP contribution in [0, 0.1) is 16.7 Å². The fourth-order valence-corrected chi connectivity index (χ4v) is 5.18. The number of benzene rings is 1. The zero-order valence-electron chi connectivity index (χ0n) is 26.4. The van der Waals surface area contributed by atoms with Crippen molar-refractivity contribution in [2.45, 2.75) is 104 Å². The maximum Gasteiger partial charge on any atom is 0.315 e. The van der Waals surface area contributed by atoms with Crippen LogP contribution in [0.2, 0.25) is 0 Å². The van der Waals surface area contributed by atoms with E-state index in [2.05, 4.69) is 16.0 Å². The topological polar surface area (TPSA) is 160 Å². The summed E-state index contributed by atoms with van der Waals surface area (Å²) in [4.78, 5) is 66.0. The monoisotopic (exact) mass is 599 g/mol. The van der Waals surface area contributed by atoms with Crippen molar-refractivity contribution in [1.82, 2.24) is 20.9 Å². The summed E-state index contributed by atoms with van der Waals surface area (Å²) in [7, 11) is 0. The second-order valence-electron chi connectivity index (χ2n) is 14.0. The van der Waals surface area contributed by atoms with Crippen LogP contribution in [0.3, 0.4) is 0 Å². The lowest BCUT2D eigenvalue weighted by Gasteiger charge is -2.37. The van der Waals surface area contributed by atoms with Gasteiger partial charge in [-0.1, -0.05) is 84.7 Å². The van der Waals surface area contributed by atoms with Crippen molar-refractivity contribution in [3.63, 3.8) is 0 Å². The minimum Gasteiger partial charge on any atom is -0.375 e. The van der Waals surface area contributed by atoms with Crippen LogP contribution >= 0.6 is 0 Å². The summed E-state index contributed by atoms with van der Waals surface area (Å²) in [5, 5.41) is 8.55. The Labute approximate surface area is 255 Å². The summed E-state index contributed by atoms with van der Waals surface area (Å²) < 4.78 is 5.93. The number of carbonyl (C=O) groups is 5. The largest absolute Gasteiger partial charge is 0.375 e. The van der Waals surface area contributed by atoms with Gasteiger partial charge < -0.3 is 31.3 Å². The van der Waals surface area contributed by atoms with Gasteiger partial charge in [0.25, 0.3) is 5.91 Å². The maximum absolute atomic E-state index is 13.9. The van der Waals surface area contributed by atoms with Gasteiger partial charge in [0.2, 0.25) is 17.6 Å². The first kappa shape index (κ1) is 34.0. The first-order chi connectivity index (χ1) is 20.1. The van der Waals surface area contributed by atoms with Gasteiger partial charge in [0.05, 0.1) is 25.3 Å². The SMILES string of the molecule is CC(C)(C)[C@H](NC(=O)N[C@H](COCc1ccccc1)C(C)(C)C)C(=O)N1CCC[C@H]1C(=O)NC(CC1CC1)C(=O)C(N)=O. The normalized spacial score (nSPS) is 19.2. The molecule has 1 aromatic carbocycles. The lowest BCUT2D eigenvalue weighted by atomic mass is 9.85. The van der Waals surface area contributed by atoms with Gasteiger partial charge in [0, 0.05) is 6.54 Å². The average Bonchev–Trinajstić information content (AvgIpc) is 3.60. The number of nitrogens with zero attached hydrogens (tertiary/aromatic N) is 1. The molecule has 11 heteroatoms. The minimum absolute atomic E-state index is 0.267. The zero-order chi connectivity index (χ0) is 31.9. The first-order valence-electron chi connectivity index (χ1n) is 15.2. The van der Waals surface area contributed by atoms with E-state index in [0.717, 1.165) is 18.4 Å². The molecule has 0 radical (unpaired) electrons. The van der Waals surface area contributed by atoms with Gasteiger partial charge in [-0.25, -0.2) is 4.79 Å². The predicted molar refractivity (Wildman–Crippen MR) is 162 cm³/mol. The Morgan fingerprint density at radius 2 is 1.58 bits per heavy atom. The summed E-state index contributed by atoms with van der Waals surface area (Å²) >= 11 is 0. The first-order valence-corrected chi connectivity index (χ1v) is 15.2. The molecule has 3 rings (SSSR count). The molecule has 0 bridgehead atoms. The zero-order valence-corrected chi connectivity index (χ0v) is 26.4. The Balaban J connectivity index is 1.67. The molecule has 4 atom stereocenters. The molecule has 2 aliphatic rings. The summed E-state index contributed by atoms with van der Waals surface area (Å²) in [6, 6.07) is 6.16. The van der Waals surface area contributed by atoms with Crippen LogP contribution in [0.1, 0.15) is 79.2 Å². The highest BCUT2D eigenvalue weighted by Crippen LogP contribution is 2.34. The summed E-state index contributed by atoms with van der Waals surface area (Å²) in [6.07, 6.45) is 3.22. The number of ketones is 1. The molecule has 11 nitrogen and oxygen atoms in total. The van der Waals surface area contributed by atoms with E-state index in [1.807, 2.05) is 71.9 Å². The van der Waals surface area contributed by atoms with Gasteiger partial charge in [-0.2, -0.15) is 0 Å². The van der Waals surface area contributed by atoms with E-state index in [4.69, 9.17) is 10.5 Å². The molecule has 0 spiro atoms. The molecule has 238 valence electrons. The Bertz CT molecular complexity index is 1160. The van der Waals surface area contributed by atoms with Crippen LogP contribution in [-0.2, 0) is 30.5 Å². The van der Waals surface area contributed by atoms with Crippen molar-refractivity contribution in [1.29, 1.82) is 0 Å². The third-order valence-corrected chi connectivity index (χ3v) is 8.12. The number of nitrogens with one attached hydrogen (secondary N) is 3. The van der Waals surface area contributed by atoms with Gasteiger partial charge in [0.1, 0.15) is 12.1 Å². The fourth-order valence-electron chi connectivity index (χ4n) is 5.18. The van der Waals surface area contributed by atoms with Gasteiger partial charge in [-0.3, -0.25) is 19.2 Å². The third kappa shape index (κ3) is 10.0. The molecule has 5 N–H and O–H groups in total. The standard InChI is InChI=1S/C32H49N5O6/c1-31(2,3)24(19-43-18-21-11-8-7-9-12-21)35-30(42)36-26(32(4,5)6)29(41)37-16-10-13-23(37)28(40)34-22(17-20-14-15-20)25(38)27(33)39/h7-9,11-12,20,22-24,26H,10,13-19H2,1-6H3,(H2,33,39)(H,34,40)(H2,35,36,42)/t22?,23-,24+,26+/m0/s1. The number of nitrogens with two attached hydrogens (primary N) is 1. The quantitative estimate of drug-likeness (QED) is 0.255. The van der Waals surface area contributed by atoms with E-state index in [1.54, 1.807) is 0 Å². The second kappa shape index (κ2) is 14.3. The molecular formula is C32H49N5O6. The van der Waals surface area contributed by atoms with Crippen molar-refractivity contribution < 1.29 is 28.7 Å². The van der Waals surface area contributed by atoms with Crippen LogP contribution in [-0.4, -0.2) is 71.8 Å². The Kier molecular flexibility index (Phi) is 11.3. The molecule has 1 heterocycles. The number of carbonyl (C=O) groups excluding carboxylic acids is 5. The van der Waals surface area contributed by atoms with Crippen molar-refractivity contribution in [3.8, 4) is 0 Å².